The fourth-order valence-electron chi connectivity index (χ4n) is 1.72. The molecule has 100 valence electrons. The van der Waals surface area contributed by atoms with E-state index in [2.05, 4.69) is 15.4 Å². The summed E-state index contributed by atoms with van der Waals surface area (Å²) >= 11 is 1.18. The number of rotatable bonds is 3. The number of carbonyl (C=O) groups is 1. The zero-order chi connectivity index (χ0) is 14.1. The van der Waals surface area contributed by atoms with E-state index in [0.717, 1.165) is 0 Å². The van der Waals surface area contributed by atoms with Crippen molar-refractivity contribution in [1.82, 2.24) is 14.6 Å². The SMILES string of the molecule is O=C(O)c1ccccc1N/C=c1\sc2ncnn2c1=O. The van der Waals surface area contributed by atoms with Gasteiger partial charge in [-0.05, 0) is 12.1 Å². The van der Waals surface area contributed by atoms with Crippen LogP contribution in [0.4, 0.5) is 5.69 Å². The van der Waals surface area contributed by atoms with Crippen molar-refractivity contribution in [1.29, 1.82) is 0 Å². The molecule has 0 bridgehead atoms. The number of hydrogen-bond donors (Lipinski definition) is 2. The van der Waals surface area contributed by atoms with Crippen LogP contribution >= 0.6 is 11.3 Å². The minimum atomic E-state index is -1.04. The molecular weight excluding hydrogens is 280 g/mol. The van der Waals surface area contributed by atoms with Crippen molar-refractivity contribution in [2.24, 2.45) is 0 Å². The van der Waals surface area contributed by atoms with Crippen LogP contribution in [0.2, 0.25) is 0 Å². The standard InChI is InChI=1S/C12H8N4O3S/c17-10-9(20-12-14-6-15-16(10)12)5-13-8-4-2-1-3-7(8)11(18)19/h1-6,13H,(H,18,19)/b9-5-. The lowest BCUT2D eigenvalue weighted by atomic mass is 10.2. The smallest absolute Gasteiger partial charge is 0.337 e. The minimum Gasteiger partial charge on any atom is -0.478 e. The Morgan fingerprint density at radius 3 is 2.95 bits per heavy atom. The summed E-state index contributed by atoms with van der Waals surface area (Å²) in [6.07, 6.45) is 2.77. The van der Waals surface area contributed by atoms with Crippen LogP contribution in [0.15, 0.2) is 35.4 Å². The maximum atomic E-state index is 11.9. The molecule has 0 amide bonds. The monoisotopic (exact) mass is 288 g/mol. The van der Waals surface area contributed by atoms with Crippen molar-refractivity contribution < 1.29 is 9.90 Å². The lowest BCUT2D eigenvalue weighted by molar-refractivity contribution is 0.0698. The highest BCUT2D eigenvalue weighted by Gasteiger charge is 2.08. The number of anilines is 1. The van der Waals surface area contributed by atoms with Gasteiger partial charge in [-0.2, -0.15) is 9.61 Å². The van der Waals surface area contributed by atoms with Crippen molar-refractivity contribution in [2.75, 3.05) is 5.32 Å². The van der Waals surface area contributed by atoms with Gasteiger partial charge < -0.3 is 10.4 Å². The van der Waals surface area contributed by atoms with Gasteiger partial charge in [0.15, 0.2) is 0 Å². The van der Waals surface area contributed by atoms with Gasteiger partial charge in [-0.15, -0.1) is 0 Å². The van der Waals surface area contributed by atoms with Gasteiger partial charge in [0.25, 0.3) is 5.56 Å². The number of nitrogens with zero attached hydrogens (tertiary/aromatic N) is 3. The normalized spacial score (nSPS) is 11.9. The summed E-state index contributed by atoms with van der Waals surface area (Å²) in [5.41, 5.74) is 0.261. The number of benzene rings is 1. The summed E-state index contributed by atoms with van der Waals surface area (Å²) in [6, 6.07) is 6.46. The number of thiazole rings is 1. The first kappa shape index (κ1) is 12.3. The van der Waals surface area contributed by atoms with Crippen LogP contribution in [-0.2, 0) is 0 Å². The van der Waals surface area contributed by atoms with E-state index in [1.807, 2.05) is 0 Å². The fourth-order valence-corrected chi connectivity index (χ4v) is 2.52. The third-order valence-corrected chi connectivity index (χ3v) is 3.61. The van der Waals surface area contributed by atoms with E-state index in [-0.39, 0.29) is 11.1 Å². The van der Waals surface area contributed by atoms with E-state index in [4.69, 9.17) is 5.11 Å². The van der Waals surface area contributed by atoms with Crippen LogP contribution in [0.3, 0.4) is 0 Å². The van der Waals surface area contributed by atoms with E-state index in [1.165, 1.54) is 34.4 Å². The van der Waals surface area contributed by atoms with Gasteiger partial charge in [-0.3, -0.25) is 4.79 Å². The molecule has 0 spiro atoms. The molecule has 0 unspecified atom stereocenters. The second kappa shape index (κ2) is 4.74. The van der Waals surface area contributed by atoms with Crippen LogP contribution in [0.5, 0.6) is 0 Å². The first-order valence-corrected chi connectivity index (χ1v) is 6.40. The number of aromatic nitrogens is 3. The molecule has 0 saturated heterocycles. The second-order valence-corrected chi connectivity index (χ2v) is 4.87. The molecule has 0 aliphatic rings. The molecule has 0 atom stereocenters. The molecule has 0 aliphatic carbocycles. The number of carboxylic acid groups (broad SMARTS) is 1. The van der Waals surface area contributed by atoms with Crippen LogP contribution in [0.1, 0.15) is 10.4 Å². The number of carboxylic acids is 1. The number of nitrogens with one attached hydrogen (secondary N) is 1. The Kier molecular flexibility index (Phi) is 2.92. The average Bonchev–Trinajstić information content (AvgIpc) is 3.00. The first-order valence-electron chi connectivity index (χ1n) is 5.58. The predicted molar refractivity (Wildman–Crippen MR) is 73.8 cm³/mol. The Balaban J connectivity index is 2.02. The Morgan fingerprint density at radius 2 is 2.20 bits per heavy atom. The average molecular weight is 288 g/mol. The third-order valence-electron chi connectivity index (χ3n) is 2.64. The predicted octanol–water partition coefficient (Wildman–Crippen LogP) is 0.418. The third kappa shape index (κ3) is 2.01. The molecule has 2 aromatic heterocycles. The summed E-state index contributed by atoms with van der Waals surface area (Å²) < 4.78 is 1.60. The Bertz CT molecular complexity index is 899. The van der Waals surface area contributed by atoms with Gasteiger partial charge in [-0.25, -0.2) is 9.78 Å². The summed E-state index contributed by atoms with van der Waals surface area (Å²) in [5, 5.41) is 15.7. The lowest BCUT2D eigenvalue weighted by Gasteiger charge is -2.03. The van der Waals surface area contributed by atoms with Crippen LogP contribution < -0.4 is 15.4 Å². The summed E-state index contributed by atoms with van der Waals surface area (Å²) in [5.74, 6) is -1.04. The van der Waals surface area contributed by atoms with Crippen LogP contribution in [0.25, 0.3) is 11.2 Å². The highest BCUT2D eigenvalue weighted by atomic mass is 32.1. The highest BCUT2D eigenvalue weighted by Crippen LogP contribution is 2.14. The van der Waals surface area contributed by atoms with Crippen molar-refractivity contribution in [3.8, 4) is 0 Å². The number of fused-ring (bicyclic) bond motifs is 1. The van der Waals surface area contributed by atoms with Gasteiger partial charge in [0.2, 0.25) is 4.96 Å². The minimum absolute atomic E-state index is 0.135. The Morgan fingerprint density at radius 1 is 1.40 bits per heavy atom. The molecule has 3 rings (SSSR count). The van der Waals surface area contributed by atoms with Crippen molar-refractivity contribution in [3.05, 3.63) is 51.0 Å². The zero-order valence-electron chi connectivity index (χ0n) is 9.98. The number of aromatic carboxylic acids is 1. The summed E-state index contributed by atoms with van der Waals surface area (Å²) in [7, 11) is 0. The molecule has 0 radical (unpaired) electrons. The summed E-state index contributed by atoms with van der Waals surface area (Å²) in [4.78, 5) is 27.4. The summed E-state index contributed by atoms with van der Waals surface area (Å²) in [6.45, 7) is 0. The first-order chi connectivity index (χ1) is 9.66. The Labute approximate surface area is 115 Å². The molecule has 0 aliphatic heterocycles. The van der Waals surface area contributed by atoms with Crippen molar-refractivity contribution in [3.63, 3.8) is 0 Å². The van der Waals surface area contributed by atoms with Gasteiger partial charge in [0.05, 0.1) is 11.3 Å². The fraction of sp³-hybridized carbons (Fsp3) is 0. The molecule has 0 fully saturated rings. The largest absolute Gasteiger partial charge is 0.478 e. The lowest BCUT2D eigenvalue weighted by Crippen LogP contribution is -2.24. The van der Waals surface area contributed by atoms with Gasteiger partial charge in [-0.1, -0.05) is 23.5 Å². The molecule has 2 N–H and O–H groups in total. The van der Waals surface area contributed by atoms with Gasteiger partial charge in [0.1, 0.15) is 10.9 Å². The number of hydrogen-bond acceptors (Lipinski definition) is 6. The van der Waals surface area contributed by atoms with E-state index in [1.54, 1.807) is 18.2 Å². The van der Waals surface area contributed by atoms with Crippen molar-refractivity contribution >= 4 is 34.2 Å². The maximum Gasteiger partial charge on any atom is 0.337 e. The molecule has 7 nitrogen and oxygen atoms in total. The topological polar surface area (TPSA) is 96.6 Å². The van der Waals surface area contributed by atoms with Crippen molar-refractivity contribution in [2.45, 2.75) is 0 Å². The zero-order valence-corrected chi connectivity index (χ0v) is 10.8. The van der Waals surface area contributed by atoms with E-state index < -0.39 is 5.97 Å². The van der Waals surface area contributed by atoms with E-state index >= 15 is 0 Å². The highest BCUT2D eigenvalue weighted by molar-refractivity contribution is 7.15. The Hall–Kier alpha value is -2.74. The second-order valence-electron chi connectivity index (χ2n) is 3.87. The molecule has 0 saturated carbocycles. The number of para-hydroxylation sites is 1. The van der Waals surface area contributed by atoms with Gasteiger partial charge >= 0.3 is 5.97 Å². The maximum absolute atomic E-state index is 11.9. The molecule has 20 heavy (non-hydrogen) atoms. The molecule has 8 heteroatoms. The molecule has 2 heterocycles. The van der Waals surface area contributed by atoms with E-state index in [0.29, 0.717) is 15.2 Å². The van der Waals surface area contributed by atoms with Crippen LogP contribution in [0, 0.1) is 0 Å². The molecule has 3 aromatic rings. The molecule has 1 aromatic carbocycles. The molecular formula is C12H8N4O3S. The van der Waals surface area contributed by atoms with E-state index in [9.17, 15) is 9.59 Å². The van der Waals surface area contributed by atoms with Crippen LogP contribution in [-0.4, -0.2) is 25.7 Å². The van der Waals surface area contributed by atoms with Gasteiger partial charge in [0, 0.05) is 6.20 Å². The quantitative estimate of drug-likeness (QED) is 0.725.